The third kappa shape index (κ3) is 4.59. The van der Waals surface area contributed by atoms with Crippen LogP contribution in [0.1, 0.15) is 12.5 Å². The number of nitrogen functional groups attached to an aromatic ring is 1. The molecule has 4 nitrogen and oxygen atoms in total. The Morgan fingerprint density at radius 2 is 1.77 bits per heavy atom. The molecular weight excluding hydrogens is 339 g/mol. The number of hydrazone groups is 1. The summed E-state index contributed by atoms with van der Waals surface area (Å²) < 4.78 is 0. The quantitative estimate of drug-likeness (QED) is 0.333. The zero-order valence-corrected chi connectivity index (χ0v) is 14.1. The van der Waals surface area contributed by atoms with Gasteiger partial charge in [0.1, 0.15) is 0 Å². The molecular formula is C15H14Cl2N4S. The van der Waals surface area contributed by atoms with Crippen molar-refractivity contribution >= 4 is 57.6 Å². The van der Waals surface area contributed by atoms with Gasteiger partial charge in [-0.1, -0.05) is 35.3 Å². The van der Waals surface area contributed by atoms with Crippen LogP contribution in [-0.2, 0) is 0 Å². The first-order valence-corrected chi connectivity index (χ1v) is 7.54. The lowest BCUT2D eigenvalue weighted by Gasteiger charge is -2.09. The molecule has 22 heavy (non-hydrogen) atoms. The molecule has 0 bridgehead atoms. The van der Waals surface area contributed by atoms with E-state index in [1.54, 1.807) is 18.2 Å². The van der Waals surface area contributed by atoms with Crippen molar-refractivity contribution in [3.8, 4) is 0 Å². The molecule has 0 aliphatic carbocycles. The molecule has 2 aromatic rings. The van der Waals surface area contributed by atoms with Crippen molar-refractivity contribution in [2.24, 2.45) is 5.10 Å². The summed E-state index contributed by atoms with van der Waals surface area (Å²) in [5.41, 5.74) is 11.6. The van der Waals surface area contributed by atoms with Gasteiger partial charge in [0.2, 0.25) is 0 Å². The van der Waals surface area contributed by atoms with Crippen LogP contribution in [0.3, 0.4) is 0 Å². The van der Waals surface area contributed by atoms with Gasteiger partial charge in [0.05, 0.1) is 15.8 Å². The van der Waals surface area contributed by atoms with Crippen molar-refractivity contribution in [3.05, 3.63) is 58.1 Å². The van der Waals surface area contributed by atoms with Crippen molar-refractivity contribution in [1.82, 2.24) is 5.43 Å². The molecule has 0 amide bonds. The first kappa shape index (κ1) is 16.5. The highest BCUT2D eigenvalue weighted by molar-refractivity contribution is 7.80. The molecule has 2 rings (SSSR count). The summed E-state index contributed by atoms with van der Waals surface area (Å²) in [6, 6.07) is 12.6. The standard InChI is InChI=1S/C15H14Cl2N4S/c1-9(10-2-4-11(18)5-3-10)20-21-15(22)19-12-6-7-13(16)14(17)8-12/h2-8H,18H2,1H3,(H2,19,21,22)/b20-9-. The maximum Gasteiger partial charge on any atom is 0.191 e. The number of halogens is 2. The summed E-state index contributed by atoms with van der Waals surface area (Å²) in [7, 11) is 0. The molecule has 0 heterocycles. The third-order valence-electron chi connectivity index (χ3n) is 2.83. The fourth-order valence-electron chi connectivity index (χ4n) is 1.66. The van der Waals surface area contributed by atoms with Gasteiger partial charge >= 0.3 is 0 Å². The highest BCUT2D eigenvalue weighted by atomic mass is 35.5. The van der Waals surface area contributed by atoms with E-state index >= 15 is 0 Å². The average molecular weight is 353 g/mol. The topological polar surface area (TPSA) is 62.4 Å². The molecule has 114 valence electrons. The first-order valence-electron chi connectivity index (χ1n) is 6.38. The van der Waals surface area contributed by atoms with E-state index in [1.807, 2.05) is 31.2 Å². The van der Waals surface area contributed by atoms with E-state index in [1.165, 1.54) is 0 Å². The Balaban J connectivity index is 1.98. The summed E-state index contributed by atoms with van der Waals surface area (Å²) in [5.74, 6) is 0. The zero-order valence-electron chi connectivity index (χ0n) is 11.7. The van der Waals surface area contributed by atoms with Crippen LogP contribution in [0, 0.1) is 0 Å². The molecule has 2 aromatic carbocycles. The van der Waals surface area contributed by atoms with Crippen LogP contribution in [0.15, 0.2) is 47.6 Å². The number of nitrogens with one attached hydrogen (secondary N) is 2. The molecule has 0 aliphatic rings. The van der Waals surface area contributed by atoms with E-state index in [4.69, 9.17) is 41.2 Å². The van der Waals surface area contributed by atoms with Crippen LogP contribution >= 0.6 is 35.4 Å². The number of benzene rings is 2. The molecule has 0 atom stereocenters. The molecule has 4 N–H and O–H groups in total. The van der Waals surface area contributed by atoms with Gasteiger partial charge in [0.25, 0.3) is 0 Å². The van der Waals surface area contributed by atoms with Crippen molar-refractivity contribution in [2.75, 3.05) is 11.1 Å². The Morgan fingerprint density at radius 1 is 1.09 bits per heavy atom. The fourth-order valence-corrected chi connectivity index (χ4v) is 2.12. The molecule has 7 heteroatoms. The number of thiocarbonyl (C=S) groups is 1. The summed E-state index contributed by atoms with van der Waals surface area (Å²) in [4.78, 5) is 0. The van der Waals surface area contributed by atoms with Gasteiger partial charge in [-0.05, 0) is 55.0 Å². The minimum atomic E-state index is 0.355. The maximum absolute atomic E-state index is 5.94. The van der Waals surface area contributed by atoms with Gasteiger partial charge in [-0.2, -0.15) is 5.10 Å². The van der Waals surface area contributed by atoms with Crippen molar-refractivity contribution in [3.63, 3.8) is 0 Å². The van der Waals surface area contributed by atoms with Crippen LogP contribution < -0.4 is 16.5 Å². The highest BCUT2D eigenvalue weighted by Gasteiger charge is 2.02. The molecule has 0 unspecified atom stereocenters. The Morgan fingerprint density at radius 3 is 2.41 bits per heavy atom. The molecule has 0 fully saturated rings. The SMILES string of the molecule is C/C(=N/NC(=S)Nc1ccc(Cl)c(Cl)c1)c1ccc(N)cc1. The minimum Gasteiger partial charge on any atom is -0.399 e. The normalized spacial score (nSPS) is 11.1. The lowest BCUT2D eigenvalue weighted by atomic mass is 10.1. The second-order valence-electron chi connectivity index (χ2n) is 4.51. The predicted octanol–water partition coefficient (Wildman–Crippen LogP) is 4.29. The second-order valence-corrected chi connectivity index (χ2v) is 5.74. The second kappa shape index (κ2) is 7.45. The number of anilines is 2. The fraction of sp³-hybridized carbons (Fsp3) is 0.0667. The van der Waals surface area contributed by atoms with Crippen LogP contribution in [-0.4, -0.2) is 10.8 Å². The van der Waals surface area contributed by atoms with E-state index in [0.717, 1.165) is 17.0 Å². The molecule has 0 radical (unpaired) electrons. The van der Waals surface area contributed by atoms with Gasteiger partial charge in [0.15, 0.2) is 5.11 Å². The van der Waals surface area contributed by atoms with Crippen molar-refractivity contribution in [2.45, 2.75) is 6.92 Å². The zero-order chi connectivity index (χ0) is 16.1. The Kier molecular flexibility index (Phi) is 5.60. The summed E-state index contributed by atoms with van der Waals surface area (Å²) >= 11 is 17.0. The Labute approximate surface area is 144 Å². The molecule has 0 aliphatic heterocycles. The van der Waals surface area contributed by atoms with Gasteiger partial charge in [-0.15, -0.1) is 0 Å². The van der Waals surface area contributed by atoms with E-state index in [2.05, 4.69) is 15.8 Å². The largest absolute Gasteiger partial charge is 0.399 e. The van der Waals surface area contributed by atoms with E-state index < -0.39 is 0 Å². The minimum absolute atomic E-state index is 0.355. The highest BCUT2D eigenvalue weighted by Crippen LogP contribution is 2.24. The number of rotatable bonds is 3. The van der Waals surface area contributed by atoms with Crippen LogP contribution in [0.5, 0.6) is 0 Å². The smallest absolute Gasteiger partial charge is 0.191 e. The molecule has 0 aromatic heterocycles. The summed E-state index contributed by atoms with van der Waals surface area (Å²) in [6.45, 7) is 1.88. The number of nitrogens with zero attached hydrogens (tertiary/aromatic N) is 1. The van der Waals surface area contributed by atoms with E-state index in [9.17, 15) is 0 Å². The van der Waals surface area contributed by atoms with Crippen molar-refractivity contribution in [1.29, 1.82) is 0 Å². The van der Waals surface area contributed by atoms with Crippen LogP contribution in [0.25, 0.3) is 0 Å². The van der Waals surface area contributed by atoms with Gasteiger partial charge in [-0.3, -0.25) is 5.43 Å². The lowest BCUT2D eigenvalue weighted by molar-refractivity contribution is 1.04. The van der Waals surface area contributed by atoms with Crippen LogP contribution in [0.2, 0.25) is 10.0 Å². The number of nitrogens with two attached hydrogens (primary N) is 1. The Bertz CT molecular complexity index is 714. The van der Waals surface area contributed by atoms with Crippen LogP contribution in [0.4, 0.5) is 11.4 Å². The molecule has 0 saturated heterocycles. The predicted molar refractivity (Wildman–Crippen MR) is 98.9 cm³/mol. The third-order valence-corrected chi connectivity index (χ3v) is 3.76. The lowest BCUT2D eigenvalue weighted by Crippen LogP contribution is -2.24. The number of hydrogen-bond acceptors (Lipinski definition) is 3. The van der Waals surface area contributed by atoms with Gasteiger partial charge in [0, 0.05) is 11.4 Å². The summed E-state index contributed by atoms with van der Waals surface area (Å²) in [5, 5.41) is 8.50. The van der Waals surface area contributed by atoms with E-state index in [0.29, 0.717) is 20.8 Å². The van der Waals surface area contributed by atoms with Gasteiger partial charge in [-0.25, -0.2) is 0 Å². The molecule has 0 spiro atoms. The maximum atomic E-state index is 5.94. The van der Waals surface area contributed by atoms with Crippen molar-refractivity contribution < 1.29 is 0 Å². The monoisotopic (exact) mass is 352 g/mol. The molecule has 0 saturated carbocycles. The average Bonchev–Trinajstić information content (AvgIpc) is 2.49. The Hall–Kier alpha value is -1.82. The summed E-state index contributed by atoms with van der Waals surface area (Å²) in [6.07, 6.45) is 0. The van der Waals surface area contributed by atoms with E-state index in [-0.39, 0.29) is 0 Å². The first-order chi connectivity index (χ1) is 10.5. The van der Waals surface area contributed by atoms with Gasteiger partial charge < -0.3 is 11.1 Å². The number of hydrogen-bond donors (Lipinski definition) is 3.